The van der Waals surface area contributed by atoms with E-state index in [9.17, 15) is 9.59 Å². The summed E-state index contributed by atoms with van der Waals surface area (Å²) in [4.78, 5) is 31.3. The van der Waals surface area contributed by atoms with Gasteiger partial charge in [-0.3, -0.25) is 14.9 Å². The molecule has 0 saturated carbocycles. The van der Waals surface area contributed by atoms with Gasteiger partial charge in [0, 0.05) is 13.1 Å². The number of benzene rings is 1. The molecule has 1 aliphatic heterocycles. The first-order valence-electron chi connectivity index (χ1n) is 8.92. The number of thiophene rings is 1. The first-order valence-corrected chi connectivity index (χ1v) is 9.80. The van der Waals surface area contributed by atoms with Crippen molar-refractivity contribution in [3.63, 3.8) is 0 Å². The minimum absolute atomic E-state index is 0.00411. The van der Waals surface area contributed by atoms with Crippen LogP contribution in [0.1, 0.15) is 31.3 Å². The molecular formula is C20H19N3O5S. The number of aromatic nitrogens is 1. The molecular weight excluding hydrogens is 394 g/mol. The number of hydrogen-bond acceptors (Lipinski definition) is 7. The van der Waals surface area contributed by atoms with Gasteiger partial charge in [0.2, 0.25) is 0 Å². The van der Waals surface area contributed by atoms with Crippen molar-refractivity contribution < 1.29 is 23.5 Å². The molecule has 29 heavy (non-hydrogen) atoms. The molecule has 9 heteroatoms. The molecule has 1 aromatic carbocycles. The van der Waals surface area contributed by atoms with Crippen molar-refractivity contribution in [1.29, 1.82) is 0 Å². The van der Waals surface area contributed by atoms with Crippen LogP contribution in [0.2, 0.25) is 0 Å². The molecule has 8 nitrogen and oxygen atoms in total. The van der Waals surface area contributed by atoms with Crippen LogP contribution in [0, 0.1) is 0 Å². The summed E-state index contributed by atoms with van der Waals surface area (Å²) in [6.07, 6.45) is 1.96. The van der Waals surface area contributed by atoms with Gasteiger partial charge in [-0.05, 0) is 41.1 Å². The number of nitrogens with one attached hydrogen (secondary N) is 1. The smallest absolute Gasteiger partial charge is 0.302 e. The molecule has 3 heterocycles. The number of anilines is 1. The molecule has 0 atom stereocenters. The van der Waals surface area contributed by atoms with Crippen molar-refractivity contribution in [3.8, 4) is 11.5 Å². The highest BCUT2D eigenvalue weighted by Crippen LogP contribution is 2.33. The number of carbonyl (C=O) groups excluding carboxylic acids is 2. The first kappa shape index (κ1) is 19.0. The zero-order chi connectivity index (χ0) is 20.4. The number of hydrogen-bond donors (Lipinski definition) is 1. The van der Waals surface area contributed by atoms with Gasteiger partial charge in [0.05, 0.1) is 19.1 Å². The van der Waals surface area contributed by atoms with Crippen LogP contribution >= 0.6 is 11.3 Å². The number of carbonyl (C=O) groups is 2. The number of methoxy groups -OCH3 is 2. The summed E-state index contributed by atoms with van der Waals surface area (Å²) in [6.45, 7) is 0.976. The van der Waals surface area contributed by atoms with Crippen molar-refractivity contribution in [3.05, 3.63) is 57.6 Å². The lowest BCUT2D eigenvalue weighted by molar-refractivity contribution is 0.0728. The first-order chi connectivity index (χ1) is 14.1. The van der Waals surface area contributed by atoms with Gasteiger partial charge in [-0.25, -0.2) is 0 Å². The minimum atomic E-state index is -0.325. The Kier molecular flexibility index (Phi) is 5.22. The van der Waals surface area contributed by atoms with E-state index in [4.69, 9.17) is 13.9 Å². The second kappa shape index (κ2) is 7.96. The van der Waals surface area contributed by atoms with Gasteiger partial charge in [-0.1, -0.05) is 6.07 Å². The minimum Gasteiger partial charge on any atom is -0.493 e. The summed E-state index contributed by atoms with van der Waals surface area (Å²) in [5, 5.41) is 4.36. The quantitative estimate of drug-likeness (QED) is 0.690. The third kappa shape index (κ3) is 3.81. The molecule has 0 aliphatic carbocycles. The molecule has 0 bridgehead atoms. The Morgan fingerprint density at radius 3 is 2.66 bits per heavy atom. The molecule has 0 unspecified atom stereocenters. The SMILES string of the molecule is COc1cc2c(cc1OC)CN(C(=O)c1coc(NC(=O)c3cccs3)n1)CC2. The molecule has 4 rings (SSSR count). The number of nitrogens with zero attached hydrogens (tertiary/aromatic N) is 2. The van der Waals surface area contributed by atoms with E-state index >= 15 is 0 Å². The molecule has 0 radical (unpaired) electrons. The van der Waals surface area contributed by atoms with Gasteiger partial charge < -0.3 is 18.8 Å². The van der Waals surface area contributed by atoms with Crippen molar-refractivity contribution in [1.82, 2.24) is 9.88 Å². The molecule has 1 aliphatic rings. The zero-order valence-electron chi connectivity index (χ0n) is 15.9. The Morgan fingerprint density at radius 2 is 1.97 bits per heavy atom. The number of oxazole rings is 1. The highest BCUT2D eigenvalue weighted by molar-refractivity contribution is 7.12. The van der Waals surface area contributed by atoms with Crippen molar-refractivity contribution >= 4 is 29.2 Å². The summed E-state index contributed by atoms with van der Waals surface area (Å²) in [7, 11) is 3.18. The number of amides is 2. The van der Waals surface area contributed by atoms with Gasteiger partial charge in [0.15, 0.2) is 17.2 Å². The summed E-state index contributed by atoms with van der Waals surface area (Å²) in [5.41, 5.74) is 2.27. The van der Waals surface area contributed by atoms with E-state index in [0.717, 1.165) is 11.1 Å². The van der Waals surface area contributed by atoms with E-state index in [1.807, 2.05) is 12.1 Å². The predicted octanol–water partition coefficient (Wildman–Crippen LogP) is 3.20. The fraction of sp³-hybridized carbons (Fsp3) is 0.250. The van der Waals surface area contributed by atoms with E-state index in [2.05, 4.69) is 10.3 Å². The fourth-order valence-corrected chi connectivity index (χ4v) is 3.83. The molecule has 150 valence electrons. The van der Waals surface area contributed by atoms with Gasteiger partial charge in [0.25, 0.3) is 11.8 Å². The van der Waals surface area contributed by atoms with Crippen LogP contribution in [0.15, 0.2) is 40.3 Å². The summed E-state index contributed by atoms with van der Waals surface area (Å²) < 4.78 is 16.0. The molecule has 2 aromatic heterocycles. The van der Waals surface area contributed by atoms with E-state index in [1.165, 1.54) is 17.6 Å². The van der Waals surface area contributed by atoms with Crippen LogP contribution in [0.5, 0.6) is 11.5 Å². The summed E-state index contributed by atoms with van der Waals surface area (Å²) in [6, 6.07) is 7.32. The standard InChI is InChI=1S/C20H19N3O5S/c1-26-15-8-12-5-6-23(10-13(12)9-16(15)27-2)19(25)14-11-28-20(21-14)22-18(24)17-4-3-7-29-17/h3-4,7-9,11H,5-6,10H2,1-2H3,(H,21,22,24). The van der Waals surface area contributed by atoms with E-state index < -0.39 is 0 Å². The van der Waals surface area contributed by atoms with Gasteiger partial charge >= 0.3 is 6.01 Å². The molecule has 0 fully saturated rings. The third-order valence-corrected chi connectivity index (χ3v) is 5.56. The zero-order valence-corrected chi connectivity index (χ0v) is 16.7. The van der Waals surface area contributed by atoms with Gasteiger partial charge in [-0.15, -0.1) is 11.3 Å². The third-order valence-electron chi connectivity index (χ3n) is 4.69. The average molecular weight is 413 g/mol. The fourth-order valence-electron chi connectivity index (χ4n) is 3.21. The monoisotopic (exact) mass is 413 g/mol. The molecule has 0 spiro atoms. The Bertz CT molecular complexity index is 1040. The molecule has 1 N–H and O–H groups in total. The highest BCUT2D eigenvalue weighted by atomic mass is 32.1. The van der Waals surface area contributed by atoms with Crippen molar-refractivity contribution in [2.45, 2.75) is 13.0 Å². The maximum atomic E-state index is 12.9. The van der Waals surface area contributed by atoms with Crippen LogP contribution in [-0.2, 0) is 13.0 Å². The molecule has 3 aromatic rings. The number of ether oxygens (including phenoxy) is 2. The Morgan fingerprint density at radius 1 is 1.21 bits per heavy atom. The lowest BCUT2D eigenvalue weighted by atomic mass is 9.98. The van der Waals surface area contributed by atoms with Crippen LogP contribution in [-0.4, -0.2) is 42.5 Å². The Hall–Kier alpha value is -3.33. The maximum absolute atomic E-state index is 12.9. The maximum Gasteiger partial charge on any atom is 0.302 e. The predicted molar refractivity (Wildman–Crippen MR) is 107 cm³/mol. The number of fused-ring (bicyclic) bond motifs is 1. The lowest BCUT2D eigenvalue weighted by Gasteiger charge is -2.29. The van der Waals surface area contributed by atoms with E-state index in [1.54, 1.807) is 36.6 Å². The molecule has 0 saturated heterocycles. The van der Waals surface area contributed by atoms with Crippen LogP contribution in [0.25, 0.3) is 0 Å². The van der Waals surface area contributed by atoms with E-state index in [-0.39, 0.29) is 23.5 Å². The number of rotatable bonds is 5. The molecule has 2 amide bonds. The largest absolute Gasteiger partial charge is 0.493 e. The van der Waals surface area contributed by atoms with Crippen molar-refractivity contribution in [2.24, 2.45) is 0 Å². The van der Waals surface area contributed by atoms with Gasteiger partial charge in [-0.2, -0.15) is 4.98 Å². The van der Waals surface area contributed by atoms with Crippen LogP contribution < -0.4 is 14.8 Å². The second-order valence-electron chi connectivity index (χ2n) is 6.42. The average Bonchev–Trinajstić information content (AvgIpc) is 3.44. The van der Waals surface area contributed by atoms with Gasteiger partial charge in [0.1, 0.15) is 6.26 Å². The topological polar surface area (TPSA) is 93.9 Å². The van der Waals surface area contributed by atoms with Crippen LogP contribution in [0.3, 0.4) is 0 Å². The summed E-state index contributed by atoms with van der Waals surface area (Å²) >= 11 is 1.31. The lowest BCUT2D eigenvalue weighted by Crippen LogP contribution is -2.36. The summed E-state index contributed by atoms with van der Waals surface area (Å²) in [5.74, 6) is 0.716. The van der Waals surface area contributed by atoms with Crippen LogP contribution in [0.4, 0.5) is 6.01 Å². The highest BCUT2D eigenvalue weighted by Gasteiger charge is 2.26. The Balaban J connectivity index is 1.47. The normalized spacial score (nSPS) is 13.0. The second-order valence-corrected chi connectivity index (χ2v) is 7.37. The van der Waals surface area contributed by atoms with E-state index in [0.29, 0.717) is 35.9 Å². The Labute approximate surface area is 171 Å². The van der Waals surface area contributed by atoms with Crippen molar-refractivity contribution in [2.75, 3.05) is 26.1 Å².